The molecule has 134 valence electrons. The molecule has 27 heavy (non-hydrogen) atoms. The minimum absolute atomic E-state index is 0.168. The van der Waals surface area contributed by atoms with Gasteiger partial charge >= 0.3 is 0 Å². The third kappa shape index (κ3) is 3.31. The van der Waals surface area contributed by atoms with Crippen molar-refractivity contribution >= 4 is 11.6 Å². The highest BCUT2D eigenvalue weighted by Crippen LogP contribution is 2.35. The molecule has 0 aliphatic carbocycles. The zero-order valence-electron chi connectivity index (χ0n) is 14.9. The Labute approximate surface area is 157 Å². The first-order valence-electron chi connectivity index (χ1n) is 8.77. The van der Waals surface area contributed by atoms with Crippen LogP contribution < -0.4 is 4.74 Å². The molecule has 3 aromatic rings. The van der Waals surface area contributed by atoms with Gasteiger partial charge in [-0.1, -0.05) is 48.5 Å². The lowest BCUT2D eigenvalue weighted by molar-refractivity contribution is 0.0708. The van der Waals surface area contributed by atoms with Crippen molar-refractivity contribution in [2.45, 2.75) is 12.5 Å². The van der Waals surface area contributed by atoms with Crippen LogP contribution in [-0.2, 0) is 0 Å². The fourth-order valence-electron chi connectivity index (χ4n) is 3.29. The molecule has 1 atom stereocenters. The quantitative estimate of drug-likeness (QED) is 0.707. The monoisotopic (exact) mass is 357 g/mol. The van der Waals surface area contributed by atoms with Crippen LogP contribution >= 0.6 is 0 Å². The van der Waals surface area contributed by atoms with Crippen molar-refractivity contribution in [1.29, 1.82) is 0 Å². The van der Waals surface area contributed by atoms with Gasteiger partial charge in [0.1, 0.15) is 5.75 Å². The lowest BCUT2D eigenvalue weighted by Gasteiger charge is -2.22. The van der Waals surface area contributed by atoms with Gasteiger partial charge in [-0.05, 0) is 23.8 Å². The lowest BCUT2D eigenvalue weighted by atomic mass is 9.99. The predicted molar refractivity (Wildman–Crippen MR) is 104 cm³/mol. The normalized spacial score (nSPS) is 16.1. The molecule has 0 fully saturated rings. The number of hydrogen-bond acceptors (Lipinski definition) is 4. The van der Waals surface area contributed by atoms with Crippen molar-refractivity contribution in [3.63, 3.8) is 0 Å². The van der Waals surface area contributed by atoms with Crippen LogP contribution in [-0.4, -0.2) is 28.7 Å². The Morgan fingerprint density at radius 1 is 1.04 bits per heavy atom. The van der Waals surface area contributed by atoms with Crippen LogP contribution in [0.5, 0.6) is 5.75 Å². The van der Waals surface area contributed by atoms with Gasteiger partial charge in [0.15, 0.2) is 0 Å². The summed E-state index contributed by atoms with van der Waals surface area (Å²) in [5, 5.41) is 6.24. The van der Waals surface area contributed by atoms with E-state index in [1.165, 1.54) is 0 Å². The number of carbonyl (C=O) groups excluding carboxylic acids is 1. The highest BCUT2D eigenvalue weighted by atomic mass is 16.5. The highest BCUT2D eigenvalue weighted by Gasteiger charge is 2.34. The molecule has 1 aliphatic rings. The number of methoxy groups -OCH3 is 1. The minimum Gasteiger partial charge on any atom is -0.496 e. The SMILES string of the molecule is COc1ccccc1C(=O)N1N=C(c2cccnc2)CC1c1ccccc1. The fraction of sp³-hybridized carbons (Fsp3) is 0.136. The van der Waals surface area contributed by atoms with Crippen LogP contribution in [0.15, 0.2) is 84.2 Å². The fourth-order valence-corrected chi connectivity index (χ4v) is 3.29. The number of carbonyl (C=O) groups is 1. The van der Waals surface area contributed by atoms with E-state index in [0.717, 1.165) is 16.8 Å². The highest BCUT2D eigenvalue weighted by molar-refractivity contribution is 6.05. The summed E-state index contributed by atoms with van der Waals surface area (Å²) in [6.45, 7) is 0. The van der Waals surface area contributed by atoms with E-state index in [4.69, 9.17) is 4.74 Å². The molecule has 5 nitrogen and oxygen atoms in total. The van der Waals surface area contributed by atoms with E-state index in [9.17, 15) is 4.79 Å². The minimum atomic E-state index is -0.180. The van der Waals surface area contributed by atoms with Gasteiger partial charge in [-0.25, -0.2) is 5.01 Å². The van der Waals surface area contributed by atoms with Gasteiger partial charge in [0.05, 0.1) is 24.4 Å². The molecule has 0 radical (unpaired) electrons. The second-order valence-electron chi connectivity index (χ2n) is 6.27. The smallest absolute Gasteiger partial charge is 0.278 e. The van der Waals surface area contributed by atoms with Crippen molar-refractivity contribution in [1.82, 2.24) is 9.99 Å². The van der Waals surface area contributed by atoms with E-state index >= 15 is 0 Å². The maximum atomic E-state index is 13.3. The van der Waals surface area contributed by atoms with E-state index in [-0.39, 0.29) is 11.9 Å². The summed E-state index contributed by atoms with van der Waals surface area (Å²) in [5.74, 6) is 0.361. The van der Waals surface area contributed by atoms with Gasteiger partial charge < -0.3 is 4.74 Å². The van der Waals surface area contributed by atoms with E-state index in [0.29, 0.717) is 17.7 Å². The molecule has 1 aromatic heterocycles. The summed E-state index contributed by atoms with van der Waals surface area (Å²) >= 11 is 0. The first kappa shape index (κ1) is 17.0. The third-order valence-corrected chi connectivity index (χ3v) is 4.63. The number of ether oxygens (including phenoxy) is 1. The number of benzene rings is 2. The van der Waals surface area contributed by atoms with Crippen LogP contribution in [0.3, 0.4) is 0 Å². The van der Waals surface area contributed by atoms with Crippen LogP contribution in [0, 0.1) is 0 Å². The maximum absolute atomic E-state index is 13.3. The Balaban J connectivity index is 1.75. The summed E-state index contributed by atoms with van der Waals surface area (Å²) in [5.41, 5.74) is 3.31. The van der Waals surface area contributed by atoms with E-state index < -0.39 is 0 Å². The van der Waals surface area contributed by atoms with E-state index in [1.807, 2.05) is 54.6 Å². The van der Waals surface area contributed by atoms with Gasteiger partial charge in [-0.3, -0.25) is 9.78 Å². The second-order valence-corrected chi connectivity index (χ2v) is 6.27. The van der Waals surface area contributed by atoms with Crippen molar-refractivity contribution < 1.29 is 9.53 Å². The van der Waals surface area contributed by atoms with E-state index in [1.54, 1.807) is 36.6 Å². The molecule has 1 aliphatic heterocycles. The number of nitrogens with zero attached hydrogens (tertiary/aromatic N) is 3. The summed E-state index contributed by atoms with van der Waals surface area (Å²) in [6.07, 6.45) is 4.14. The summed E-state index contributed by atoms with van der Waals surface area (Å²) in [4.78, 5) is 17.5. The average Bonchev–Trinajstić information content (AvgIpc) is 3.20. The van der Waals surface area contributed by atoms with Crippen molar-refractivity contribution in [3.8, 4) is 5.75 Å². The predicted octanol–water partition coefficient (Wildman–Crippen LogP) is 4.08. The lowest BCUT2D eigenvalue weighted by Crippen LogP contribution is -2.27. The molecule has 2 heterocycles. The standard InChI is InChI=1S/C22H19N3O2/c1-27-21-12-6-5-11-18(21)22(26)25-20(16-8-3-2-4-9-16)14-19(24-25)17-10-7-13-23-15-17/h2-13,15,20H,14H2,1H3. The number of aromatic nitrogens is 1. The zero-order valence-corrected chi connectivity index (χ0v) is 14.9. The maximum Gasteiger partial charge on any atom is 0.278 e. The zero-order chi connectivity index (χ0) is 18.6. The first-order valence-corrected chi connectivity index (χ1v) is 8.77. The van der Waals surface area contributed by atoms with Crippen molar-refractivity contribution in [2.75, 3.05) is 7.11 Å². The van der Waals surface area contributed by atoms with Crippen LogP contribution in [0.4, 0.5) is 0 Å². The van der Waals surface area contributed by atoms with Gasteiger partial charge in [-0.2, -0.15) is 5.10 Å². The van der Waals surface area contributed by atoms with Crippen molar-refractivity contribution in [3.05, 3.63) is 95.8 Å². The number of hydrogen-bond donors (Lipinski definition) is 0. The Bertz CT molecular complexity index is 971. The molecule has 1 amide bonds. The number of para-hydroxylation sites is 1. The number of pyridine rings is 1. The third-order valence-electron chi connectivity index (χ3n) is 4.63. The van der Waals surface area contributed by atoms with Gasteiger partial charge in [0.2, 0.25) is 0 Å². The summed E-state index contributed by atoms with van der Waals surface area (Å²) in [7, 11) is 1.56. The van der Waals surface area contributed by atoms with Gasteiger partial charge in [0, 0.05) is 24.4 Å². The van der Waals surface area contributed by atoms with Crippen LogP contribution in [0.1, 0.15) is 33.9 Å². The molecule has 2 aromatic carbocycles. The Morgan fingerprint density at radius 3 is 2.56 bits per heavy atom. The Morgan fingerprint density at radius 2 is 1.81 bits per heavy atom. The molecule has 4 rings (SSSR count). The van der Waals surface area contributed by atoms with Crippen LogP contribution in [0.25, 0.3) is 0 Å². The molecule has 1 unspecified atom stereocenters. The summed E-state index contributed by atoms with van der Waals surface area (Å²) in [6, 6.07) is 20.9. The molecule has 0 N–H and O–H groups in total. The topological polar surface area (TPSA) is 54.8 Å². The van der Waals surface area contributed by atoms with Gasteiger partial charge in [0.25, 0.3) is 5.91 Å². The molecule has 0 bridgehead atoms. The van der Waals surface area contributed by atoms with Crippen LogP contribution in [0.2, 0.25) is 0 Å². The second kappa shape index (κ2) is 7.41. The number of hydrazone groups is 1. The molecular formula is C22H19N3O2. The molecular weight excluding hydrogens is 338 g/mol. The summed E-state index contributed by atoms with van der Waals surface area (Å²) < 4.78 is 5.37. The first-order chi connectivity index (χ1) is 13.3. The van der Waals surface area contributed by atoms with Crippen molar-refractivity contribution in [2.24, 2.45) is 5.10 Å². The average molecular weight is 357 g/mol. The molecule has 0 spiro atoms. The number of amides is 1. The molecule has 5 heteroatoms. The number of rotatable bonds is 4. The van der Waals surface area contributed by atoms with E-state index in [2.05, 4.69) is 10.1 Å². The Hall–Kier alpha value is -3.47. The Kier molecular flexibility index (Phi) is 4.66. The van der Waals surface area contributed by atoms with Gasteiger partial charge in [-0.15, -0.1) is 0 Å². The molecule has 0 saturated heterocycles. The largest absolute Gasteiger partial charge is 0.496 e. The molecule has 0 saturated carbocycles.